The molecule has 1 fully saturated rings. The first-order valence-corrected chi connectivity index (χ1v) is 8.69. The maximum atomic E-state index is 5.90. The van der Waals surface area contributed by atoms with Crippen molar-refractivity contribution in [3.8, 4) is 5.75 Å². The lowest BCUT2D eigenvalue weighted by molar-refractivity contribution is -0.931. The molecule has 7 heteroatoms. The van der Waals surface area contributed by atoms with Gasteiger partial charge in [-0.25, -0.2) is 0 Å². The van der Waals surface area contributed by atoms with Crippen molar-refractivity contribution >= 4 is 12.2 Å². The van der Waals surface area contributed by atoms with Crippen LogP contribution in [-0.2, 0) is 25.1 Å². The summed E-state index contributed by atoms with van der Waals surface area (Å²) in [6.07, 6.45) is 0. The smallest absolute Gasteiger partial charge is 0.202 e. The van der Waals surface area contributed by atoms with Crippen LogP contribution in [0.15, 0.2) is 18.2 Å². The maximum Gasteiger partial charge on any atom is 0.202 e. The molecule has 0 bridgehead atoms. The molecule has 130 valence electrons. The van der Waals surface area contributed by atoms with E-state index in [0.717, 1.165) is 49.3 Å². The molecule has 0 atom stereocenters. The van der Waals surface area contributed by atoms with Gasteiger partial charge in [0, 0.05) is 7.05 Å². The Kier molecular flexibility index (Phi) is 5.33. The molecule has 1 aliphatic heterocycles. The zero-order valence-electron chi connectivity index (χ0n) is 14.5. The van der Waals surface area contributed by atoms with Crippen LogP contribution in [0.3, 0.4) is 0 Å². The maximum absolute atomic E-state index is 5.90. The van der Waals surface area contributed by atoms with Crippen LogP contribution >= 0.6 is 12.2 Å². The number of benzene rings is 1. The summed E-state index contributed by atoms with van der Waals surface area (Å²) in [6, 6.07) is 6.12. The minimum absolute atomic E-state index is 0.411. The van der Waals surface area contributed by atoms with Crippen molar-refractivity contribution in [1.29, 1.82) is 0 Å². The largest absolute Gasteiger partial charge is 0.486 e. The predicted molar refractivity (Wildman–Crippen MR) is 93.8 cm³/mol. The van der Waals surface area contributed by atoms with Crippen LogP contribution < -0.4 is 9.64 Å². The summed E-state index contributed by atoms with van der Waals surface area (Å²) in [5, 5.41) is 4.65. The molecule has 1 saturated heterocycles. The summed E-state index contributed by atoms with van der Waals surface area (Å²) in [5.74, 6) is 1.70. The van der Waals surface area contributed by atoms with E-state index in [1.165, 1.54) is 16.0 Å². The molecule has 2 heterocycles. The monoisotopic (exact) mass is 349 g/mol. The molecule has 0 aliphatic carbocycles. The van der Waals surface area contributed by atoms with Gasteiger partial charge in [-0.3, -0.25) is 0 Å². The summed E-state index contributed by atoms with van der Waals surface area (Å²) in [5.41, 5.74) is 2.49. The van der Waals surface area contributed by atoms with Gasteiger partial charge in [0.1, 0.15) is 25.4 Å². The summed E-state index contributed by atoms with van der Waals surface area (Å²) in [4.78, 5) is 1.44. The van der Waals surface area contributed by atoms with E-state index in [2.05, 4.69) is 31.1 Å². The highest BCUT2D eigenvalue weighted by molar-refractivity contribution is 7.71. The Balaban J connectivity index is 1.68. The van der Waals surface area contributed by atoms with Gasteiger partial charge in [-0.1, -0.05) is 6.07 Å². The number of hydrogen-bond donors (Lipinski definition) is 1. The fraction of sp³-hybridized carbons (Fsp3) is 0.529. The second-order valence-electron chi connectivity index (χ2n) is 6.31. The van der Waals surface area contributed by atoms with Crippen LogP contribution in [0, 0.1) is 18.6 Å². The average molecular weight is 349 g/mol. The second-order valence-corrected chi connectivity index (χ2v) is 6.68. The van der Waals surface area contributed by atoms with Crippen LogP contribution in [0.5, 0.6) is 5.75 Å². The van der Waals surface area contributed by atoms with E-state index >= 15 is 0 Å². The van der Waals surface area contributed by atoms with E-state index in [-0.39, 0.29) is 0 Å². The third-order valence-electron chi connectivity index (χ3n) is 4.55. The molecule has 0 amide bonds. The van der Waals surface area contributed by atoms with Gasteiger partial charge in [-0.2, -0.15) is 4.68 Å². The number of rotatable bonds is 5. The summed E-state index contributed by atoms with van der Waals surface area (Å²) in [6.45, 7) is 8.96. The molecule has 0 unspecified atom stereocenters. The number of aryl methyl sites for hydroxylation is 2. The Morgan fingerprint density at radius 3 is 2.71 bits per heavy atom. The molecule has 24 heavy (non-hydrogen) atoms. The Morgan fingerprint density at radius 2 is 2.00 bits per heavy atom. The van der Waals surface area contributed by atoms with Crippen molar-refractivity contribution in [2.45, 2.75) is 27.1 Å². The molecule has 6 nitrogen and oxygen atoms in total. The van der Waals surface area contributed by atoms with Crippen molar-refractivity contribution in [1.82, 2.24) is 14.3 Å². The molecule has 1 N–H and O–H groups in total. The quantitative estimate of drug-likeness (QED) is 0.819. The van der Waals surface area contributed by atoms with Crippen LogP contribution in [-0.4, -0.2) is 40.7 Å². The third kappa shape index (κ3) is 3.85. The lowest BCUT2D eigenvalue weighted by Gasteiger charge is -2.23. The molecule has 0 saturated carbocycles. The summed E-state index contributed by atoms with van der Waals surface area (Å²) in [7, 11) is 1.94. The van der Waals surface area contributed by atoms with E-state index < -0.39 is 0 Å². The average Bonchev–Trinajstić information content (AvgIpc) is 2.85. The molecule has 0 radical (unpaired) electrons. The topological polar surface area (TPSA) is 45.6 Å². The number of quaternary nitrogens is 1. The molecule has 1 aliphatic rings. The molecular formula is C17H25N4O2S+. The van der Waals surface area contributed by atoms with Gasteiger partial charge in [0.2, 0.25) is 4.77 Å². The number of nitrogens with one attached hydrogen (secondary N) is 1. The molecular weight excluding hydrogens is 324 g/mol. The lowest BCUT2D eigenvalue weighted by Crippen LogP contribution is -3.13. The van der Waals surface area contributed by atoms with Gasteiger partial charge < -0.3 is 18.9 Å². The Labute approximate surface area is 147 Å². The van der Waals surface area contributed by atoms with Crippen LogP contribution in [0.1, 0.15) is 17.0 Å². The SMILES string of the molecule is Cc1ccc(OCc2nn(C[NH+]3CCOCC3)c(=S)n2C)cc1C. The molecule has 1 aromatic heterocycles. The second kappa shape index (κ2) is 7.46. The van der Waals surface area contributed by atoms with E-state index in [4.69, 9.17) is 21.7 Å². The van der Waals surface area contributed by atoms with Gasteiger partial charge in [0.15, 0.2) is 12.5 Å². The van der Waals surface area contributed by atoms with Gasteiger partial charge in [0.05, 0.1) is 13.2 Å². The summed E-state index contributed by atoms with van der Waals surface area (Å²) < 4.78 is 15.9. The number of aromatic nitrogens is 3. The Morgan fingerprint density at radius 1 is 1.25 bits per heavy atom. The highest BCUT2D eigenvalue weighted by Gasteiger charge is 2.17. The predicted octanol–water partition coefficient (Wildman–Crippen LogP) is 1.02. The van der Waals surface area contributed by atoms with Crippen molar-refractivity contribution in [3.05, 3.63) is 39.9 Å². The van der Waals surface area contributed by atoms with Crippen molar-refractivity contribution in [2.75, 3.05) is 26.3 Å². The highest BCUT2D eigenvalue weighted by Crippen LogP contribution is 2.17. The van der Waals surface area contributed by atoms with Gasteiger partial charge >= 0.3 is 0 Å². The zero-order chi connectivity index (χ0) is 17.1. The van der Waals surface area contributed by atoms with Crippen LogP contribution in [0.2, 0.25) is 0 Å². The van der Waals surface area contributed by atoms with E-state index in [0.29, 0.717) is 6.61 Å². The summed E-state index contributed by atoms with van der Waals surface area (Å²) >= 11 is 5.51. The normalized spacial score (nSPS) is 15.6. The van der Waals surface area contributed by atoms with Crippen molar-refractivity contribution in [2.24, 2.45) is 7.05 Å². The Hall–Kier alpha value is -1.70. The minimum Gasteiger partial charge on any atom is -0.486 e. The van der Waals surface area contributed by atoms with E-state index in [1.54, 1.807) is 0 Å². The number of nitrogens with zero attached hydrogens (tertiary/aromatic N) is 3. The molecule has 1 aromatic carbocycles. The number of morpholine rings is 1. The Bertz CT molecular complexity index is 762. The van der Waals surface area contributed by atoms with Crippen LogP contribution in [0.4, 0.5) is 0 Å². The van der Waals surface area contributed by atoms with E-state index in [9.17, 15) is 0 Å². The number of hydrogen-bond acceptors (Lipinski definition) is 4. The number of ether oxygens (including phenoxy) is 2. The van der Waals surface area contributed by atoms with Crippen molar-refractivity contribution in [3.63, 3.8) is 0 Å². The fourth-order valence-corrected chi connectivity index (χ4v) is 2.95. The molecule has 2 aromatic rings. The van der Waals surface area contributed by atoms with Gasteiger partial charge in [0.25, 0.3) is 0 Å². The third-order valence-corrected chi connectivity index (χ3v) is 5.04. The first-order valence-electron chi connectivity index (χ1n) is 8.28. The molecule has 3 rings (SSSR count). The zero-order valence-corrected chi connectivity index (χ0v) is 15.4. The highest BCUT2D eigenvalue weighted by atomic mass is 32.1. The van der Waals surface area contributed by atoms with Crippen LogP contribution in [0.25, 0.3) is 0 Å². The minimum atomic E-state index is 0.411. The van der Waals surface area contributed by atoms with Gasteiger partial charge in [-0.05, 0) is 49.3 Å². The first kappa shape index (κ1) is 17.1. The first-order chi connectivity index (χ1) is 11.5. The fourth-order valence-electron chi connectivity index (χ4n) is 2.74. The van der Waals surface area contributed by atoms with Gasteiger partial charge in [-0.15, -0.1) is 5.10 Å². The van der Waals surface area contributed by atoms with E-state index in [1.807, 2.05) is 22.4 Å². The standard InChI is InChI=1S/C17H24N4O2S/c1-13-4-5-15(10-14(13)2)23-11-16-18-21(17(24)19(16)3)12-20-6-8-22-9-7-20/h4-5,10H,6-9,11-12H2,1-3H3/p+1. The van der Waals surface area contributed by atoms with Crippen molar-refractivity contribution < 1.29 is 14.4 Å². The molecule has 0 spiro atoms. The lowest BCUT2D eigenvalue weighted by atomic mass is 10.1.